The standard InChI is InChI=1S/C28H27ClN6O4/c1-16-31-24-19(26(38)35(16)22-8-9-23(36)33-25(22)37)4-3-5-20(24)32-27(39)28(2)10-12-34(13-11-28)21-7-6-18(29)14-17(21)15-30/h3-7,14,22H,8-13H2,1-2H3,(H,32,39)(H,33,36,37). The Morgan fingerprint density at radius 2 is 1.95 bits per heavy atom. The van der Waals surface area contributed by atoms with E-state index in [0.29, 0.717) is 53.5 Å². The lowest BCUT2D eigenvalue weighted by Gasteiger charge is -2.39. The second kappa shape index (κ2) is 10.2. The second-order valence-electron chi connectivity index (χ2n) is 10.3. The number of nitrogens with one attached hydrogen (secondary N) is 2. The Bertz CT molecular complexity index is 1620. The Morgan fingerprint density at radius 3 is 2.64 bits per heavy atom. The van der Waals surface area contributed by atoms with E-state index in [9.17, 15) is 24.4 Å². The number of benzene rings is 2. The van der Waals surface area contributed by atoms with Crippen LogP contribution in [-0.2, 0) is 14.4 Å². The minimum atomic E-state index is -0.823. The van der Waals surface area contributed by atoms with Crippen LogP contribution in [0.25, 0.3) is 10.9 Å². The van der Waals surface area contributed by atoms with Gasteiger partial charge < -0.3 is 10.2 Å². The van der Waals surface area contributed by atoms with Gasteiger partial charge in [0.25, 0.3) is 5.56 Å². The molecule has 3 aromatic rings. The van der Waals surface area contributed by atoms with Crippen LogP contribution < -0.4 is 21.1 Å². The molecule has 39 heavy (non-hydrogen) atoms. The van der Waals surface area contributed by atoms with Crippen molar-refractivity contribution in [1.29, 1.82) is 5.26 Å². The van der Waals surface area contributed by atoms with Gasteiger partial charge >= 0.3 is 0 Å². The number of hydrogen-bond donors (Lipinski definition) is 2. The number of amides is 3. The van der Waals surface area contributed by atoms with Crippen LogP contribution in [0.15, 0.2) is 41.2 Å². The van der Waals surface area contributed by atoms with Crippen molar-refractivity contribution in [2.45, 2.75) is 45.6 Å². The minimum Gasteiger partial charge on any atom is -0.370 e. The maximum atomic E-state index is 13.5. The lowest BCUT2D eigenvalue weighted by Crippen LogP contribution is -2.45. The van der Waals surface area contributed by atoms with Crippen molar-refractivity contribution in [3.8, 4) is 6.07 Å². The predicted molar refractivity (Wildman–Crippen MR) is 147 cm³/mol. The minimum absolute atomic E-state index is 0.141. The van der Waals surface area contributed by atoms with Crippen LogP contribution in [0.2, 0.25) is 5.02 Å². The summed E-state index contributed by atoms with van der Waals surface area (Å²) in [5.41, 5.74) is 0.980. The number of carbonyl (C=O) groups is 3. The molecule has 2 aliphatic rings. The van der Waals surface area contributed by atoms with Crippen LogP contribution in [0.3, 0.4) is 0 Å². The molecular formula is C28H27ClN6O4. The fourth-order valence-electron chi connectivity index (χ4n) is 5.34. The first-order valence-electron chi connectivity index (χ1n) is 12.7. The summed E-state index contributed by atoms with van der Waals surface area (Å²) < 4.78 is 1.32. The van der Waals surface area contributed by atoms with Crippen LogP contribution in [0.4, 0.5) is 11.4 Å². The van der Waals surface area contributed by atoms with E-state index in [2.05, 4.69) is 26.6 Å². The van der Waals surface area contributed by atoms with Crippen molar-refractivity contribution in [2.75, 3.05) is 23.3 Å². The highest BCUT2D eigenvalue weighted by atomic mass is 35.5. The molecule has 200 valence electrons. The van der Waals surface area contributed by atoms with E-state index in [-0.39, 0.29) is 30.0 Å². The first kappa shape index (κ1) is 26.4. The highest BCUT2D eigenvalue weighted by Crippen LogP contribution is 2.36. The number of imide groups is 1. The number of nitrogens with zero attached hydrogens (tertiary/aromatic N) is 4. The molecule has 11 heteroatoms. The number of nitriles is 1. The van der Waals surface area contributed by atoms with E-state index in [0.717, 1.165) is 5.69 Å². The largest absolute Gasteiger partial charge is 0.370 e. The van der Waals surface area contributed by atoms with E-state index in [1.165, 1.54) is 4.57 Å². The number of anilines is 2. The third-order valence-electron chi connectivity index (χ3n) is 7.71. The van der Waals surface area contributed by atoms with Crippen LogP contribution in [0.5, 0.6) is 0 Å². The maximum Gasteiger partial charge on any atom is 0.262 e. The number of hydrogen-bond acceptors (Lipinski definition) is 7. The zero-order valence-electron chi connectivity index (χ0n) is 21.6. The van der Waals surface area contributed by atoms with Crippen molar-refractivity contribution in [2.24, 2.45) is 5.41 Å². The average molecular weight is 547 g/mol. The summed E-state index contributed by atoms with van der Waals surface area (Å²) >= 11 is 6.04. The highest BCUT2D eigenvalue weighted by Gasteiger charge is 2.38. The molecule has 0 aliphatic carbocycles. The molecule has 0 radical (unpaired) electrons. The molecule has 2 fully saturated rings. The fraction of sp³-hybridized carbons (Fsp3) is 0.357. The molecule has 1 atom stereocenters. The Balaban J connectivity index is 1.37. The number of fused-ring (bicyclic) bond motifs is 1. The van der Waals surface area contributed by atoms with Crippen LogP contribution in [0.1, 0.15) is 50.0 Å². The molecule has 2 saturated heterocycles. The van der Waals surface area contributed by atoms with Crippen LogP contribution in [-0.4, -0.2) is 40.4 Å². The third kappa shape index (κ3) is 4.86. The van der Waals surface area contributed by atoms with Gasteiger partial charge in [-0.15, -0.1) is 0 Å². The second-order valence-corrected chi connectivity index (χ2v) is 10.7. The SMILES string of the molecule is Cc1nc2c(NC(=O)C3(C)CCN(c4ccc(Cl)cc4C#N)CC3)cccc2c(=O)n1C1CCC(=O)NC1=O. The summed E-state index contributed by atoms with van der Waals surface area (Å²) in [4.78, 5) is 57.6. The average Bonchev–Trinajstić information content (AvgIpc) is 2.91. The van der Waals surface area contributed by atoms with E-state index in [1.54, 1.807) is 37.3 Å². The molecule has 2 aliphatic heterocycles. The van der Waals surface area contributed by atoms with E-state index in [1.807, 2.05) is 13.0 Å². The molecule has 3 heterocycles. The zero-order valence-corrected chi connectivity index (χ0v) is 22.3. The first-order chi connectivity index (χ1) is 18.6. The lowest BCUT2D eigenvalue weighted by molar-refractivity contribution is -0.135. The predicted octanol–water partition coefficient (Wildman–Crippen LogP) is 3.45. The molecule has 5 rings (SSSR count). The Kier molecular flexibility index (Phi) is 6.87. The number of aryl methyl sites for hydroxylation is 1. The molecule has 0 saturated carbocycles. The van der Waals surface area contributed by atoms with Gasteiger partial charge in [0.05, 0.1) is 27.7 Å². The molecule has 0 bridgehead atoms. The monoisotopic (exact) mass is 546 g/mol. The molecular weight excluding hydrogens is 520 g/mol. The smallest absolute Gasteiger partial charge is 0.262 e. The number of para-hydroxylation sites is 1. The van der Waals surface area contributed by atoms with E-state index >= 15 is 0 Å². The third-order valence-corrected chi connectivity index (χ3v) is 7.95. The molecule has 1 aromatic heterocycles. The summed E-state index contributed by atoms with van der Waals surface area (Å²) in [6.07, 6.45) is 1.48. The Labute approximate surface area is 229 Å². The molecule has 2 aromatic carbocycles. The van der Waals surface area contributed by atoms with Gasteiger partial charge in [-0.3, -0.25) is 29.1 Å². The number of aromatic nitrogens is 2. The highest BCUT2D eigenvalue weighted by molar-refractivity contribution is 6.30. The lowest BCUT2D eigenvalue weighted by atomic mass is 9.79. The molecule has 2 N–H and O–H groups in total. The number of carbonyl (C=O) groups excluding carboxylic acids is 3. The van der Waals surface area contributed by atoms with Gasteiger partial charge in [-0.1, -0.05) is 24.6 Å². The van der Waals surface area contributed by atoms with Crippen LogP contribution in [0, 0.1) is 23.7 Å². The number of halogens is 1. The fourth-order valence-corrected chi connectivity index (χ4v) is 5.51. The van der Waals surface area contributed by atoms with Crippen molar-refractivity contribution in [3.05, 3.63) is 63.2 Å². The summed E-state index contributed by atoms with van der Waals surface area (Å²) in [5.74, 6) is -0.750. The topological polar surface area (TPSA) is 137 Å². The van der Waals surface area contributed by atoms with Gasteiger partial charge in [-0.2, -0.15) is 5.26 Å². The summed E-state index contributed by atoms with van der Waals surface area (Å²) in [6.45, 7) is 4.71. The molecule has 1 unspecified atom stereocenters. The normalized spacial score (nSPS) is 18.9. The van der Waals surface area contributed by atoms with Gasteiger partial charge in [-0.25, -0.2) is 4.98 Å². The Morgan fingerprint density at radius 1 is 1.21 bits per heavy atom. The quantitative estimate of drug-likeness (QED) is 0.478. The number of rotatable bonds is 4. The van der Waals surface area contributed by atoms with Gasteiger partial charge in [0.2, 0.25) is 17.7 Å². The van der Waals surface area contributed by atoms with Crippen molar-refractivity contribution in [3.63, 3.8) is 0 Å². The van der Waals surface area contributed by atoms with Gasteiger partial charge in [0.1, 0.15) is 23.5 Å². The van der Waals surface area contributed by atoms with Gasteiger partial charge in [0.15, 0.2) is 0 Å². The van der Waals surface area contributed by atoms with E-state index in [4.69, 9.17) is 11.6 Å². The van der Waals surface area contributed by atoms with Gasteiger partial charge in [-0.05, 0) is 56.5 Å². The van der Waals surface area contributed by atoms with E-state index < -0.39 is 22.9 Å². The van der Waals surface area contributed by atoms with Gasteiger partial charge in [0, 0.05) is 24.5 Å². The number of piperidine rings is 2. The molecule has 0 spiro atoms. The van der Waals surface area contributed by atoms with Crippen molar-refractivity contribution < 1.29 is 14.4 Å². The Hall–Kier alpha value is -4.23. The van der Waals surface area contributed by atoms with Crippen LogP contribution >= 0.6 is 11.6 Å². The molecule has 3 amide bonds. The first-order valence-corrected chi connectivity index (χ1v) is 13.1. The summed E-state index contributed by atoms with van der Waals surface area (Å²) in [6, 6.07) is 11.6. The zero-order chi connectivity index (χ0) is 27.9. The molecule has 10 nitrogen and oxygen atoms in total. The summed E-state index contributed by atoms with van der Waals surface area (Å²) in [7, 11) is 0. The van der Waals surface area contributed by atoms with Crippen molar-refractivity contribution >= 4 is 51.6 Å². The van der Waals surface area contributed by atoms with Crippen molar-refractivity contribution in [1.82, 2.24) is 14.9 Å². The summed E-state index contributed by atoms with van der Waals surface area (Å²) in [5, 5.41) is 15.5. The maximum absolute atomic E-state index is 13.5.